The fraction of sp³-hybridized carbons (Fsp3) is 0.189. The van der Waals surface area contributed by atoms with Crippen molar-refractivity contribution in [1.82, 2.24) is 0 Å². The molecule has 0 aromatic heterocycles. The van der Waals surface area contributed by atoms with Crippen LogP contribution in [0.1, 0.15) is 90.1 Å². The van der Waals surface area contributed by atoms with Gasteiger partial charge in [0, 0.05) is 16.4 Å². The van der Waals surface area contributed by atoms with E-state index in [1.165, 1.54) is 16.7 Å². The summed E-state index contributed by atoms with van der Waals surface area (Å²) < 4.78 is 40.9. The second kappa shape index (κ2) is 17.4. The SMILES string of the molecule is Cc1cc2c3c(c1)Oc1ccc(C(C)(C)C)cc1B3c1cc(-c3cc(-c4ccc5c(c4)B4c6cc(C(C)(C)C)ccc6Oc6cccc(c64)O5)cc(-c4ccc5c(c4)B4c6cc(C(C)(C)C)ccc6Oc6cc(C)cc(c64)O5)c3)ccc1O2. The van der Waals surface area contributed by atoms with Crippen LogP contribution in [0.2, 0.25) is 0 Å². The minimum absolute atomic E-state index is 0.0599. The van der Waals surface area contributed by atoms with Gasteiger partial charge in [0.2, 0.25) is 0 Å². The summed E-state index contributed by atoms with van der Waals surface area (Å²) in [6, 6.07) is 62.3. The van der Waals surface area contributed by atoms with Crippen molar-refractivity contribution in [3.8, 4) is 102 Å². The third-order valence-electron chi connectivity index (χ3n) is 18.2. The smallest absolute Gasteiger partial charge is 0.260 e. The Kier molecular flexibility index (Phi) is 10.5. The van der Waals surface area contributed by atoms with Crippen molar-refractivity contribution in [1.29, 1.82) is 0 Å². The number of aryl methyl sites for hydroxylation is 2. The van der Waals surface area contributed by atoms with E-state index < -0.39 is 0 Å². The molecule has 6 nitrogen and oxygen atoms in total. The Morgan fingerprint density at radius 2 is 0.494 bits per heavy atom. The highest BCUT2D eigenvalue weighted by molar-refractivity contribution is 6.99. The van der Waals surface area contributed by atoms with Crippen LogP contribution in [0.5, 0.6) is 69.0 Å². The van der Waals surface area contributed by atoms with Gasteiger partial charge in [-0.1, -0.05) is 141 Å². The molecule has 6 heterocycles. The number of hydrogen-bond acceptors (Lipinski definition) is 6. The van der Waals surface area contributed by atoms with Crippen molar-refractivity contribution in [3.63, 3.8) is 0 Å². The van der Waals surface area contributed by atoms with E-state index in [2.05, 4.69) is 240 Å². The predicted octanol–water partition coefficient (Wildman–Crippen LogP) is 13.4. The first-order valence-electron chi connectivity index (χ1n) is 29.3. The van der Waals surface area contributed by atoms with Gasteiger partial charge in [-0.05, 0) is 215 Å². The summed E-state index contributed by atoms with van der Waals surface area (Å²) >= 11 is 0. The van der Waals surface area contributed by atoms with Gasteiger partial charge in [-0.15, -0.1) is 0 Å². The van der Waals surface area contributed by atoms with Gasteiger partial charge in [0.1, 0.15) is 69.0 Å². The van der Waals surface area contributed by atoms with Crippen LogP contribution in [0.25, 0.3) is 33.4 Å². The Bertz CT molecular complexity index is 4270. The minimum Gasteiger partial charge on any atom is -0.458 e. The van der Waals surface area contributed by atoms with Crippen molar-refractivity contribution in [2.24, 2.45) is 0 Å². The van der Waals surface area contributed by atoms with Crippen LogP contribution in [0.4, 0.5) is 0 Å². The van der Waals surface area contributed by atoms with Crippen molar-refractivity contribution >= 4 is 69.3 Å². The fourth-order valence-electron chi connectivity index (χ4n) is 13.8. The third kappa shape index (κ3) is 7.86. The summed E-state index contributed by atoms with van der Waals surface area (Å²) in [6.07, 6.45) is 0. The zero-order valence-corrected chi connectivity index (χ0v) is 48.8. The third-order valence-corrected chi connectivity index (χ3v) is 18.2. The van der Waals surface area contributed by atoms with E-state index in [4.69, 9.17) is 28.4 Å². The van der Waals surface area contributed by atoms with Crippen LogP contribution >= 0.6 is 0 Å². The quantitative estimate of drug-likeness (QED) is 0.164. The van der Waals surface area contributed by atoms with Gasteiger partial charge in [-0.3, -0.25) is 0 Å². The van der Waals surface area contributed by atoms with E-state index in [0.717, 1.165) is 163 Å². The zero-order valence-electron chi connectivity index (χ0n) is 48.8. The van der Waals surface area contributed by atoms with Crippen molar-refractivity contribution in [2.75, 3.05) is 0 Å². The first-order valence-corrected chi connectivity index (χ1v) is 29.3. The van der Waals surface area contributed by atoms with Gasteiger partial charge < -0.3 is 28.4 Å². The van der Waals surface area contributed by atoms with Gasteiger partial charge in [0.15, 0.2) is 0 Å². The summed E-state index contributed by atoms with van der Waals surface area (Å²) in [7, 11) is 0. The Balaban J connectivity index is 0.897. The number of fused-ring (bicyclic) bond motifs is 12. The predicted molar refractivity (Wildman–Crippen MR) is 341 cm³/mol. The molecule has 83 heavy (non-hydrogen) atoms. The molecule has 0 saturated carbocycles. The van der Waals surface area contributed by atoms with Crippen LogP contribution in [-0.2, 0) is 16.2 Å². The van der Waals surface area contributed by atoms with Crippen LogP contribution in [-0.4, -0.2) is 20.1 Å². The Morgan fingerprint density at radius 1 is 0.241 bits per heavy atom. The Morgan fingerprint density at radius 3 is 0.783 bits per heavy atom. The van der Waals surface area contributed by atoms with Gasteiger partial charge in [0.25, 0.3) is 20.1 Å². The summed E-state index contributed by atoms with van der Waals surface area (Å²) in [5.41, 5.74) is 22.3. The molecule has 6 aliphatic heterocycles. The molecule has 0 amide bonds. The number of benzene rings is 10. The molecule has 16 rings (SSSR count). The molecule has 9 heteroatoms. The highest BCUT2D eigenvalue weighted by Gasteiger charge is 2.44. The molecule has 0 fully saturated rings. The molecule has 10 aromatic rings. The molecular weight excluding hydrogens is 1020 g/mol. The molecule has 0 atom stereocenters. The topological polar surface area (TPSA) is 55.4 Å². The molecule has 0 aliphatic carbocycles. The molecule has 0 saturated heterocycles. The molecule has 0 unspecified atom stereocenters. The maximum Gasteiger partial charge on any atom is 0.260 e. The summed E-state index contributed by atoms with van der Waals surface area (Å²) in [5.74, 6) is 10.2. The molecule has 0 N–H and O–H groups in total. The van der Waals surface area contributed by atoms with E-state index in [1.54, 1.807) is 0 Å². The summed E-state index contributed by atoms with van der Waals surface area (Å²) in [4.78, 5) is 0. The average Bonchev–Trinajstić information content (AvgIpc) is 1.80. The molecule has 0 spiro atoms. The van der Waals surface area contributed by atoms with Gasteiger partial charge in [0.05, 0.1) is 0 Å². The standard InChI is InChI=1S/C74H61B3O6/c1-40-27-65-70-67(29-40)82-61-25-19-49(73(6,7)8)38-55(61)76(70)52-35-43(16-22-58(52)80-65)46-31-45(42-15-21-57-51(34-42)75-54-37-48(72(3,4)5)18-24-60(54)79-64-14-12-13-63(78-57)69(64)75)32-47(33-46)44-17-23-59-53(36-44)77-56-39-50(74(9,10)11)20-26-62(56)83-68-30-41(2)28-66(81-59)71(68)77/h12-39H,1-11H3. The van der Waals surface area contributed by atoms with Crippen molar-refractivity contribution in [3.05, 3.63) is 198 Å². The normalized spacial score (nSPS) is 14.2. The van der Waals surface area contributed by atoms with E-state index in [-0.39, 0.29) is 36.4 Å². The molecule has 0 radical (unpaired) electrons. The summed E-state index contributed by atoms with van der Waals surface area (Å²) in [5, 5.41) is 0. The lowest BCUT2D eigenvalue weighted by atomic mass is 9.34. The first kappa shape index (κ1) is 50.0. The van der Waals surface area contributed by atoms with Gasteiger partial charge in [-0.25, -0.2) is 0 Å². The second-order valence-corrected chi connectivity index (χ2v) is 27.0. The number of hydrogen-bond donors (Lipinski definition) is 0. The average molecular weight is 1080 g/mol. The van der Waals surface area contributed by atoms with Crippen LogP contribution in [0, 0.1) is 13.8 Å². The Labute approximate surface area is 487 Å². The lowest BCUT2D eigenvalue weighted by Crippen LogP contribution is -2.57. The molecule has 10 aromatic carbocycles. The lowest BCUT2D eigenvalue weighted by Gasteiger charge is -2.34. The van der Waals surface area contributed by atoms with Gasteiger partial charge in [-0.2, -0.15) is 0 Å². The van der Waals surface area contributed by atoms with E-state index in [1.807, 2.05) is 6.07 Å². The van der Waals surface area contributed by atoms with Crippen molar-refractivity contribution < 1.29 is 28.4 Å². The second-order valence-electron chi connectivity index (χ2n) is 27.0. The highest BCUT2D eigenvalue weighted by Crippen LogP contribution is 2.43. The number of ether oxygens (including phenoxy) is 6. The van der Waals surface area contributed by atoms with Gasteiger partial charge >= 0.3 is 0 Å². The molecule has 6 aliphatic rings. The first-order chi connectivity index (χ1) is 39.7. The fourth-order valence-corrected chi connectivity index (χ4v) is 13.8. The molecule has 402 valence electrons. The number of rotatable bonds is 3. The van der Waals surface area contributed by atoms with Crippen molar-refractivity contribution in [2.45, 2.75) is 92.4 Å². The molecular formula is C74H61B3O6. The highest BCUT2D eigenvalue weighted by atomic mass is 16.5. The van der Waals surface area contributed by atoms with E-state index in [9.17, 15) is 0 Å². The molecule has 0 bridgehead atoms. The minimum atomic E-state index is -0.106. The Hall–Kier alpha value is -8.81. The van der Waals surface area contributed by atoms with E-state index >= 15 is 0 Å². The van der Waals surface area contributed by atoms with Crippen LogP contribution < -0.4 is 77.6 Å². The summed E-state index contributed by atoms with van der Waals surface area (Å²) in [6.45, 7) is 24.4. The van der Waals surface area contributed by atoms with E-state index in [0.29, 0.717) is 0 Å². The van der Waals surface area contributed by atoms with Crippen LogP contribution in [0.15, 0.2) is 170 Å². The maximum atomic E-state index is 6.90. The monoisotopic (exact) mass is 1080 g/mol. The maximum absolute atomic E-state index is 6.90. The zero-order chi connectivity index (χ0) is 56.7. The lowest BCUT2D eigenvalue weighted by molar-refractivity contribution is 0.463. The largest absolute Gasteiger partial charge is 0.458 e. The van der Waals surface area contributed by atoms with Crippen LogP contribution in [0.3, 0.4) is 0 Å².